The molecular weight excluding hydrogens is 410 g/mol. The fourth-order valence-corrected chi connectivity index (χ4v) is 4.40. The zero-order valence-corrected chi connectivity index (χ0v) is 20.0. The van der Waals surface area contributed by atoms with E-state index in [1.54, 1.807) is 7.11 Å². The van der Waals surface area contributed by atoms with Crippen LogP contribution in [0.15, 0.2) is 72.8 Å². The molecule has 1 fully saturated rings. The summed E-state index contributed by atoms with van der Waals surface area (Å²) >= 11 is 0. The van der Waals surface area contributed by atoms with Gasteiger partial charge in [0.1, 0.15) is 6.61 Å². The zero-order chi connectivity index (χ0) is 23.0. The number of ether oxygens (including phenoxy) is 2. The summed E-state index contributed by atoms with van der Waals surface area (Å²) in [5.74, 6) is 1.54. The van der Waals surface area contributed by atoms with Gasteiger partial charge in [0.15, 0.2) is 11.5 Å². The third kappa shape index (κ3) is 5.86. The molecule has 1 atom stereocenters. The first-order valence-electron chi connectivity index (χ1n) is 11.7. The monoisotopic (exact) mass is 445 g/mol. The third-order valence-electron chi connectivity index (χ3n) is 6.21. The van der Waals surface area contributed by atoms with Crippen molar-refractivity contribution >= 4 is 5.69 Å². The minimum Gasteiger partial charge on any atom is -0.493 e. The summed E-state index contributed by atoms with van der Waals surface area (Å²) in [6.45, 7) is 4.65. The number of nitrogens with zero attached hydrogens (tertiary/aromatic N) is 2. The van der Waals surface area contributed by atoms with Crippen LogP contribution in [-0.2, 0) is 6.61 Å². The van der Waals surface area contributed by atoms with Crippen molar-refractivity contribution in [2.75, 3.05) is 52.3 Å². The zero-order valence-electron chi connectivity index (χ0n) is 20.0. The van der Waals surface area contributed by atoms with E-state index in [9.17, 15) is 0 Å². The van der Waals surface area contributed by atoms with E-state index in [4.69, 9.17) is 9.47 Å². The normalized spacial score (nSPS) is 15.5. The molecule has 0 saturated carbocycles. The summed E-state index contributed by atoms with van der Waals surface area (Å²) in [7, 11) is 5.86. The van der Waals surface area contributed by atoms with Crippen LogP contribution in [-0.4, -0.2) is 52.3 Å². The highest BCUT2D eigenvalue weighted by atomic mass is 16.5. The standard InChI is InChI=1S/C28H35N3O2/c1-30(2)25-13-10-23(11-14-25)28(31-18-7-16-29-17-19-31)24-12-15-26(27(20-24)32-3)33-21-22-8-5-4-6-9-22/h4-6,8-15,20,28-29H,7,16-19,21H2,1-3H3. The van der Waals surface area contributed by atoms with Crippen molar-refractivity contribution in [1.82, 2.24) is 10.2 Å². The van der Waals surface area contributed by atoms with Gasteiger partial charge in [-0.3, -0.25) is 4.90 Å². The highest BCUT2D eigenvalue weighted by Crippen LogP contribution is 2.36. The summed E-state index contributed by atoms with van der Waals surface area (Å²) in [5.41, 5.74) is 4.86. The van der Waals surface area contributed by atoms with Crippen molar-refractivity contribution < 1.29 is 9.47 Å². The number of anilines is 1. The van der Waals surface area contributed by atoms with E-state index >= 15 is 0 Å². The van der Waals surface area contributed by atoms with Gasteiger partial charge in [-0.15, -0.1) is 0 Å². The first-order valence-corrected chi connectivity index (χ1v) is 11.7. The van der Waals surface area contributed by atoms with Crippen LogP contribution < -0.4 is 19.7 Å². The first-order chi connectivity index (χ1) is 16.2. The summed E-state index contributed by atoms with van der Waals surface area (Å²) in [4.78, 5) is 4.71. The summed E-state index contributed by atoms with van der Waals surface area (Å²) in [6.07, 6.45) is 1.14. The molecule has 5 nitrogen and oxygen atoms in total. The molecule has 4 rings (SSSR count). The van der Waals surface area contributed by atoms with Crippen LogP contribution in [0.1, 0.15) is 29.2 Å². The lowest BCUT2D eigenvalue weighted by atomic mass is 9.96. The van der Waals surface area contributed by atoms with Crippen molar-refractivity contribution in [3.05, 3.63) is 89.5 Å². The molecule has 1 heterocycles. The van der Waals surface area contributed by atoms with Crippen molar-refractivity contribution in [2.24, 2.45) is 0 Å². The summed E-state index contributed by atoms with van der Waals surface area (Å²) < 4.78 is 11.9. The fourth-order valence-electron chi connectivity index (χ4n) is 4.40. The van der Waals surface area contributed by atoms with E-state index in [2.05, 4.69) is 77.7 Å². The van der Waals surface area contributed by atoms with E-state index in [1.807, 2.05) is 24.3 Å². The molecule has 1 saturated heterocycles. The van der Waals surface area contributed by atoms with Crippen LogP contribution in [0.3, 0.4) is 0 Å². The number of methoxy groups -OCH3 is 1. The molecule has 0 aliphatic carbocycles. The average Bonchev–Trinajstić information content (AvgIpc) is 3.13. The highest BCUT2D eigenvalue weighted by Gasteiger charge is 2.24. The van der Waals surface area contributed by atoms with E-state index in [0.717, 1.165) is 49.7 Å². The molecule has 1 N–H and O–H groups in total. The number of nitrogens with one attached hydrogen (secondary N) is 1. The van der Waals surface area contributed by atoms with Crippen molar-refractivity contribution in [1.29, 1.82) is 0 Å². The Morgan fingerprint density at radius 1 is 0.879 bits per heavy atom. The van der Waals surface area contributed by atoms with Crippen molar-refractivity contribution in [3.8, 4) is 11.5 Å². The lowest BCUT2D eigenvalue weighted by Crippen LogP contribution is -2.33. The Balaban J connectivity index is 1.63. The molecule has 0 spiro atoms. The van der Waals surface area contributed by atoms with Gasteiger partial charge in [-0.05, 0) is 53.9 Å². The molecule has 1 aliphatic rings. The van der Waals surface area contributed by atoms with Gasteiger partial charge in [0.05, 0.1) is 13.2 Å². The minimum absolute atomic E-state index is 0.165. The van der Waals surface area contributed by atoms with Crippen LogP contribution in [0.2, 0.25) is 0 Å². The highest BCUT2D eigenvalue weighted by molar-refractivity contribution is 5.50. The van der Waals surface area contributed by atoms with Crippen LogP contribution in [0.4, 0.5) is 5.69 Å². The summed E-state index contributed by atoms with van der Waals surface area (Å²) in [6, 6.07) is 25.7. The van der Waals surface area contributed by atoms with Crippen LogP contribution in [0.5, 0.6) is 11.5 Å². The van der Waals surface area contributed by atoms with Gasteiger partial charge in [-0.25, -0.2) is 0 Å². The van der Waals surface area contributed by atoms with Crippen LogP contribution in [0, 0.1) is 0 Å². The Kier molecular flexibility index (Phi) is 7.87. The Bertz CT molecular complexity index is 997. The molecule has 3 aromatic carbocycles. The molecule has 0 radical (unpaired) electrons. The average molecular weight is 446 g/mol. The van der Waals surface area contributed by atoms with Gasteiger partial charge in [-0.2, -0.15) is 0 Å². The quantitative estimate of drug-likeness (QED) is 0.543. The minimum atomic E-state index is 0.165. The van der Waals surface area contributed by atoms with Gasteiger partial charge in [0.25, 0.3) is 0 Å². The topological polar surface area (TPSA) is 37.0 Å². The third-order valence-corrected chi connectivity index (χ3v) is 6.21. The maximum atomic E-state index is 6.11. The Hall–Kier alpha value is -3.02. The van der Waals surface area contributed by atoms with Gasteiger partial charge in [0, 0.05) is 39.4 Å². The second-order valence-corrected chi connectivity index (χ2v) is 8.71. The molecule has 1 unspecified atom stereocenters. The number of hydrogen-bond donors (Lipinski definition) is 1. The van der Waals surface area contributed by atoms with E-state index in [0.29, 0.717) is 6.61 Å². The SMILES string of the molecule is COc1cc(C(c2ccc(N(C)C)cc2)N2CCCNCC2)ccc1OCc1ccccc1. The lowest BCUT2D eigenvalue weighted by molar-refractivity contribution is 0.239. The maximum Gasteiger partial charge on any atom is 0.161 e. The Morgan fingerprint density at radius 3 is 2.36 bits per heavy atom. The Labute approximate surface area is 197 Å². The van der Waals surface area contributed by atoms with Gasteiger partial charge >= 0.3 is 0 Å². The maximum absolute atomic E-state index is 6.11. The molecule has 33 heavy (non-hydrogen) atoms. The summed E-state index contributed by atoms with van der Waals surface area (Å²) in [5, 5.41) is 3.53. The second kappa shape index (κ2) is 11.2. The second-order valence-electron chi connectivity index (χ2n) is 8.71. The molecule has 0 aromatic heterocycles. The predicted octanol–water partition coefficient (Wildman–Crippen LogP) is 4.72. The van der Waals surface area contributed by atoms with Crippen molar-refractivity contribution in [2.45, 2.75) is 19.1 Å². The van der Waals surface area contributed by atoms with E-state index in [1.165, 1.54) is 16.8 Å². The smallest absolute Gasteiger partial charge is 0.161 e. The first kappa shape index (κ1) is 23.1. The molecule has 5 heteroatoms. The molecule has 1 aliphatic heterocycles. The van der Waals surface area contributed by atoms with Crippen molar-refractivity contribution in [3.63, 3.8) is 0 Å². The lowest BCUT2D eigenvalue weighted by Gasteiger charge is -2.32. The van der Waals surface area contributed by atoms with Crippen LogP contribution in [0.25, 0.3) is 0 Å². The number of hydrogen-bond acceptors (Lipinski definition) is 5. The van der Waals surface area contributed by atoms with Gasteiger partial charge < -0.3 is 19.7 Å². The molecule has 3 aromatic rings. The van der Waals surface area contributed by atoms with E-state index < -0.39 is 0 Å². The molecular formula is C28H35N3O2. The fraction of sp³-hybridized carbons (Fsp3) is 0.357. The van der Waals surface area contributed by atoms with Crippen LogP contribution >= 0.6 is 0 Å². The van der Waals surface area contributed by atoms with Gasteiger partial charge in [-0.1, -0.05) is 48.5 Å². The predicted molar refractivity (Wildman–Crippen MR) is 135 cm³/mol. The van der Waals surface area contributed by atoms with E-state index in [-0.39, 0.29) is 6.04 Å². The number of rotatable bonds is 8. The number of benzene rings is 3. The Morgan fingerprint density at radius 2 is 1.64 bits per heavy atom. The molecule has 0 bridgehead atoms. The molecule has 0 amide bonds. The molecule has 174 valence electrons. The van der Waals surface area contributed by atoms with Gasteiger partial charge in [0.2, 0.25) is 0 Å². The largest absolute Gasteiger partial charge is 0.493 e.